The number of thioether (sulfide) groups is 1. The molecular formula is C81H131N17O32S2. The highest BCUT2D eigenvalue weighted by Gasteiger charge is 2.46. The number of aliphatic hydroxyl groups excluding tert-OH is 3. The quantitative estimate of drug-likeness (QED) is 0.0216. The highest BCUT2D eigenvalue weighted by molar-refractivity contribution is 7.98. The number of H-pyrrole nitrogens is 1. The summed E-state index contributed by atoms with van der Waals surface area (Å²) in [6.45, 7) is 8.84. The zero-order chi connectivity index (χ0) is 96.0. The number of alkyl carbamates (subject to hydrolysis) is 1. The van der Waals surface area contributed by atoms with E-state index in [0.717, 1.165) is 4.90 Å². The average Bonchev–Trinajstić information content (AvgIpc) is 1.61. The van der Waals surface area contributed by atoms with Crippen molar-refractivity contribution in [3.8, 4) is 5.75 Å². The summed E-state index contributed by atoms with van der Waals surface area (Å²) in [6, 6.07) is -3.70. The number of hydrogen-bond acceptors (Lipinski definition) is 37. The monoisotopic (exact) mass is 1920 g/mol. The number of carbonyl (C=O) groups excluding carboxylic acids is 14. The third kappa shape index (κ3) is 42.0. The van der Waals surface area contributed by atoms with Gasteiger partial charge in [0.1, 0.15) is 35.5 Å². The molecular weight excluding hydrogens is 1790 g/mol. The number of ether oxygens (including phenoxy) is 13. The van der Waals surface area contributed by atoms with Crippen molar-refractivity contribution in [3.63, 3.8) is 0 Å². The summed E-state index contributed by atoms with van der Waals surface area (Å²) >= 11 is 1.45. The molecule has 0 saturated carbocycles. The number of methoxy groups -OCH3 is 1. The predicted octanol–water partition coefficient (Wildman–Crippen LogP) is -7.68. The van der Waals surface area contributed by atoms with Gasteiger partial charge in [0.25, 0.3) is 0 Å². The van der Waals surface area contributed by atoms with Crippen LogP contribution in [0.25, 0.3) is 10.9 Å². The van der Waals surface area contributed by atoms with E-state index in [4.69, 9.17) is 72.5 Å². The van der Waals surface area contributed by atoms with E-state index in [1.54, 1.807) is 42.7 Å². The second kappa shape index (κ2) is 63.6. The molecule has 6 rings (SSSR count). The number of primary amides is 1. The van der Waals surface area contributed by atoms with E-state index in [1.165, 1.54) is 25.8 Å². The van der Waals surface area contributed by atoms with Crippen molar-refractivity contribution in [1.82, 2.24) is 84.5 Å². The topological polar surface area (TPSA) is 662 Å². The van der Waals surface area contributed by atoms with Crippen LogP contribution in [0, 0.1) is 23.7 Å². The number of Topliss-reactive ketones (excluding diaryl/α,β-unsaturated/α-hetero) is 2. The summed E-state index contributed by atoms with van der Waals surface area (Å²) in [5.74, 6) is -14.8. The van der Waals surface area contributed by atoms with E-state index >= 15 is 9.00 Å². The molecule has 0 spiro atoms. The van der Waals surface area contributed by atoms with Gasteiger partial charge in [-0.05, 0) is 30.0 Å². The molecule has 1 aromatic heterocycles. The van der Waals surface area contributed by atoms with E-state index in [0.29, 0.717) is 179 Å². The van der Waals surface area contributed by atoms with Crippen LogP contribution >= 0.6 is 11.8 Å². The Bertz CT molecular complexity index is 4050. The minimum absolute atomic E-state index is 0.0465. The van der Waals surface area contributed by atoms with Crippen molar-refractivity contribution in [3.05, 3.63) is 35.2 Å². The molecule has 1 fully saturated rings. The molecule has 49 nitrogen and oxygen atoms in total. The number of benzene rings is 1. The van der Waals surface area contributed by atoms with Gasteiger partial charge in [0, 0.05) is 85.3 Å². The number of carbonyl (C=O) groups is 14. The minimum Gasteiger partial charge on any atom is -0.496 e. The van der Waals surface area contributed by atoms with Gasteiger partial charge in [-0.3, -0.25) is 71.5 Å². The summed E-state index contributed by atoms with van der Waals surface area (Å²) in [6.07, 6.45) is -4.44. The van der Waals surface area contributed by atoms with E-state index in [1.807, 2.05) is 0 Å². The predicted molar refractivity (Wildman–Crippen MR) is 467 cm³/mol. The van der Waals surface area contributed by atoms with Crippen molar-refractivity contribution in [2.45, 2.75) is 106 Å². The largest absolute Gasteiger partial charge is 0.496 e. The number of hydroxylamine groups is 1. The normalized spacial score (nSPS) is 20.3. The summed E-state index contributed by atoms with van der Waals surface area (Å²) in [4.78, 5) is 191. The van der Waals surface area contributed by atoms with Gasteiger partial charge < -0.3 is 156 Å². The molecule has 4 aliphatic rings. The summed E-state index contributed by atoms with van der Waals surface area (Å²) in [5, 5.41) is 67.0. The van der Waals surface area contributed by atoms with Crippen molar-refractivity contribution in [2.75, 3.05) is 243 Å². The molecule has 2 aromatic rings. The van der Waals surface area contributed by atoms with Gasteiger partial charge in [0.2, 0.25) is 65.0 Å². The van der Waals surface area contributed by atoms with Crippen LogP contribution in [0.4, 0.5) is 4.79 Å². The average molecular weight is 1920 g/mol. The number of aromatic nitrogens is 1. The summed E-state index contributed by atoms with van der Waals surface area (Å²) in [7, 11) is -0.978. The highest BCUT2D eigenvalue weighted by Crippen LogP contribution is 2.37. The third-order valence-electron chi connectivity index (χ3n) is 20.8. The van der Waals surface area contributed by atoms with Crippen LogP contribution in [0.5, 0.6) is 5.75 Å². The second-order valence-corrected chi connectivity index (χ2v) is 33.1. The van der Waals surface area contributed by atoms with Gasteiger partial charge in [0.15, 0.2) is 11.6 Å². The van der Waals surface area contributed by atoms with Crippen molar-refractivity contribution >= 4 is 116 Å². The van der Waals surface area contributed by atoms with Gasteiger partial charge in [-0.2, -0.15) is 17.2 Å². The lowest BCUT2D eigenvalue weighted by Gasteiger charge is -2.32. The van der Waals surface area contributed by atoms with Crippen LogP contribution in [0.1, 0.15) is 64.0 Å². The van der Waals surface area contributed by atoms with Gasteiger partial charge in [-0.15, -0.1) is 5.53 Å². The molecule has 132 heavy (non-hydrogen) atoms. The van der Waals surface area contributed by atoms with Crippen LogP contribution in [0.2, 0.25) is 0 Å². The van der Waals surface area contributed by atoms with Crippen LogP contribution < -0.4 is 80.1 Å². The summed E-state index contributed by atoms with van der Waals surface area (Å²) in [5.41, 5.74) is 14.7. The standard InChI is InChI=1S/C81H131N17O32S2/c1-5-51(2)58-36-55(100)39-88-75(110)53-34-59-57-6-7-66(118-4)60(74(57)94-79(59)132(117)50-62(91-72(109)43-89-76(58)111)77(112)92-61(38-67(82)104)80(114)98-46-56(101)37-63(98)78(113)93-73(64(102)35-53)52(3)65(103)47-99)49-131-33-32-129-31-30-128-29-28-127-27-26-126-25-24-125-23-22-124-21-20-123-19-18-122-17-16-121-15-14-120-13-12-119-11-10-97-45-54(95-96-97)48-130-81(115)84-9-8-83-68(105)40-85-69(106)41-86-70(107)42-87-71(108)44-90-116/h6-7,45,51-53,56,58,61-63,65,73,90,94-96,99,101,103,116H,5,8-44,46-50H2,1-4H3,(H2,82,104)(H,83,105)(H,84,115)(H,85,106)(H,86,107)(H,87,108)(H,88,110)(H,89,111)(H,91,109)(H,92,112)(H,93,113)/t51-,52-,53+,56+,58-,61?,62-,63-,65-,73-,132?/m0/s1. The van der Waals surface area contributed by atoms with E-state index in [9.17, 15) is 77.6 Å². The van der Waals surface area contributed by atoms with E-state index in [-0.39, 0.29) is 55.8 Å². The molecule has 20 N–H and O–H groups in total. The number of ketones is 2. The van der Waals surface area contributed by atoms with Gasteiger partial charge >= 0.3 is 6.09 Å². The van der Waals surface area contributed by atoms with Crippen molar-refractivity contribution in [1.29, 1.82) is 0 Å². The zero-order valence-electron chi connectivity index (χ0n) is 74.9. The Morgan fingerprint density at radius 3 is 1.70 bits per heavy atom. The van der Waals surface area contributed by atoms with Gasteiger partial charge in [0.05, 0.1) is 257 Å². The van der Waals surface area contributed by atoms with Gasteiger partial charge in [-0.25, -0.2) is 4.79 Å². The van der Waals surface area contributed by atoms with Crippen LogP contribution in [0.15, 0.2) is 29.1 Å². The lowest BCUT2D eigenvalue weighted by Crippen LogP contribution is -2.60. The van der Waals surface area contributed by atoms with E-state index < -0.39 is 237 Å². The number of amides is 12. The first kappa shape index (κ1) is 111. The number of hydrazine groups is 2. The molecule has 4 aliphatic heterocycles. The minimum atomic E-state index is -2.42. The SMILES string of the molecule is CC[C@H](C)[C@@H]1CC(=O)CNC(=O)[C@H]2CC(=O)[C@H]([C@@H](C)[C@@H](O)CO)NC(=O)[C@@H]3C[C@@H](O)CN3C(=O)C(CC(N)=O)NC(=O)[C@H](CS(=O)c3[nH]c4c(CSCCOCCOCCOCCOCCOCCOCCOCCOCCOCCOCCOCCN5C=C(COC(=O)NCCNC(=O)CNC(=O)CNC(=O)CNC(=O)CNO)NN5)c(OC)ccc4c3C2)NC(=O)CNC1=O. The number of aromatic amines is 1. The molecule has 2 bridgehead atoms. The van der Waals surface area contributed by atoms with Crippen LogP contribution in [0.3, 0.4) is 0 Å². The number of nitrogens with zero attached hydrogens (tertiary/aromatic N) is 2. The number of nitrogens with one attached hydrogen (secondary N) is 14. The van der Waals surface area contributed by atoms with Crippen molar-refractivity contribution < 1.29 is 153 Å². The fourth-order valence-corrected chi connectivity index (χ4v) is 15.7. The Morgan fingerprint density at radius 2 is 1.17 bits per heavy atom. The molecule has 5 heterocycles. The number of fused-ring (bicyclic) bond motifs is 5. The first-order valence-electron chi connectivity index (χ1n) is 43.6. The number of hydrogen-bond donors (Lipinski definition) is 19. The fraction of sp³-hybridized carbons (Fsp3) is 0.704. The van der Waals surface area contributed by atoms with Crippen LogP contribution in [-0.2, 0) is 142 Å². The molecule has 51 heteroatoms. The summed E-state index contributed by atoms with van der Waals surface area (Å²) < 4.78 is 88.2. The Hall–Kier alpha value is -9.50. The molecule has 744 valence electrons. The lowest BCUT2D eigenvalue weighted by atomic mass is 9.85. The number of rotatable bonds is 59. The molecule has 11 atom stereocenters. The molecule has 12 amide bonds. The Morgan fingerprint density at radius 1 is 0.636 bits per heavy atom. The molecule has 0 radical (unpaired) electrons. The van der Waals surface area contributed by atoms with Crippen molar-refractivity contribution in [2.24, 2.45) is 29.4 Å². The maximum Gasteiger partial charge on any atom is 0.407 e. The highest BCUT2D eigenvalue weighted by atomic mass is 32.2. The second-order valence-electron chi connectivity index (χ2n) is 30.6. The van der Waals surface area contributed by atoms with Crippen LogP contribution in [-0.4, -0.2) is 401 Å². The molecule has 0 aliphatic carbocycles. The maximum atomic E-state index is 15.4. The molecule has 1 saturated heterocycles. The Kier molecular flexibility index (Phi) is 53.6. The molecule has 1 aromatic carbocycles. The third-order valence-corrected chi connectivity index (χ3v) is 23.2. The maximum absolute atomic E-state index is 15.4. The first-order valence-corrected chi connectivity index (χ1v) is 46.0. The Labute approximate surface area is 770 Å². The number of nitrogens with two attached hydrogens (primary N) is 1. The first-order chi connectivity index (χ1) is 63.6. The zero-order valence-corrected chi connectivity index (χ0v) is 76.6. The number of aliphatic hydroxyl groups is 3. The van der Waals surface area contributed by atoms with E-state index in [2.05, 4.69) is 69.1 Å². The smallest absolute Gasteiger partial charge is 0.407 e. The lowest BCUT2D eigenvalue weighted by molar-refractivity contribution is -0.144. The molecule has 2 unspecified atom stereocenters. The Balaban J connectivity index is 0.814. The fourth-order valence-electron chi connectivity index (χ4n) is 13.5. The van der Waals surface area contributed by atoms with Gasteiger partial charge in [-0.1, -0.05) is 27.2 Å².